The van der Waals surface area contributed by atoms with Gasteiger partial charge in [0.1, 0.15) is 0 Å². The second kappa shape index (κ2) is 5.80. The van der Waals surface area contributed by atoms with Crippen LogP contribution in [0.5, 0.6) is 0 Å². The van der Waals surface area contributed by atoms with Gasteiger partial charge in [-0.3, -0.25) is 9.69 Å². The quantitative estimate of drug-likeness (QED) is 0.808. The molecule has 0 bridgehead atoms. The van der Waals surface area contributed by atoms with Gasteiger partial charge in [0.25, 0.3) is 0 Å². The molecule has 19 heavy (non-hydrogen) atoms. The van der Waals surface area contributed by atoms with E-state index in [1.165, 1.54) is 19.5 Å². The standard InChI is InChI=1S/C15H29N3O/c1-4-17-15(14(16)19)7-5-6-13(8-15)18-9-11(2)12(3)10-18/h11-13,17H,4-10H2,1-3H3,(H2,16,19). The average Bonchev–Trinajstić information content (AvgIpc) is 2.70. The van der Waals surface area contributed by atoms with Crippen LogP contribution in [0.25, 0.3) is 0 Å². The third-order valence-electron chi connectivity index (χ3n) is 5.24. The molecular formula is C15H29N3O. The zero-order valence-corrected chi connectivity index (χ0v) is 12.6. The molecule has 4 nitrogen and oxygen atoms in total. The van der Waals surface area contributed by atoms with Crippen LogP contribution in [0, 0.1) is 11.8 Å². The van der Waals surface area contributed by atoms with Crippen molar-refractivity contribution in [1.29, 1.82) is 0 Å². The average molecular weight is 267 g/mol. The first-order valence-corrected chi connectivity index (χ1v) is 7.77. The molecule has 2 aliphatic rings. The van der Waals surface area contributed by atoms with Crippen molar-refractivity contribution in [3.8, 4) is 0 Å². The summed E-state index contributed by atoms with van der Waals surface area (Å²) in [6, 6.07) is 0.521. The Hall–Kier alpha value is -0.610. The maximum Gasteiger partial charge on any atom is 0.237 e. The molecule has 0 aromatic heterocycles. The fourth-order valence-electron chi connectivity index (χ4n) is 3.84. The minimum absolute atomic E-state index is 0.167. The highest BCUT2D eigenvalue weighted by molar-refractivity contribution is 5.84. The number of hydrogen-bond acceptors (Lipinski definition) is 3. The third-order valence-corrected chi connectivity index (χ3v) is 5.24. The smallest absolute Gasteiger partial charge is 0.237 e. The summed E-state index contributed by atoms with van der Waals surface area (Å²) in [5, 5.41) is 3.37. The Morgan fingerprint density at radius 2 is 2.00 bits per heavy atom. The van der Waals surface area contributed by atoms with Gasteiger partial charge in [0.15, 0.2) is 0 Å². The van der Waals surface area contributed by atoms with Gasteiger partial charge in [-0.05, 0) is 44.1 Å². The van der Waals surface area contributed by atoms with Crippen molar-refractivity contribution < 1.29 is 4.79 Å². The van der Waals surface area contributed by atoms with Crippen molar-refractivity contribution in [3.63, 3.8) is 0 Å². The number of nitrogens with zero attached hydrogens (tertiary/aromatic N) is 1. The van der Waals surface area contributed by atoms with Crippen molar-refractivity contribution in [2.45, 2.75) is 58.0 Å². The molecular weight excluding hydrogens is 238 g/mol. The fraction of sp³-hybridized carbons (Fsp3) is 0.933. The van der Waals surface area contributed by atoms with Gasteiger partial charge in [-0.1, -0.05) is 20.8 Å². The maximum absolute atomic E-state index is 11.9. The summed E-state index contributed by atoms with van der Waals surface area (Å²) in [4.78, 5) is 14.5. The van der Waals surface area contributed by atoms with Crippen LogP contribution in [-0.2, 0) is 4.79 Å². The fourth-order valence-corrected chi connectivity index (χ4v) is 3.84. The molecule has 1 saturated carbocycles. The first-order chi connectivity index (χ1) is 8.98. The van der Waals surface area contributed by atoms with E-state index in [2.05, 4.69) is 24.1 Å². The number of likely N-dealkylation sites (N-methyl/N-ethyl adjacent to an activating group) is 1. The van der Waals surface area contributed by atoms with Crippen molar-refractivity contribution in [2.75, 3.05) is 19.6 Å². The molecule has 110 valence electrons. The first kappa shape index (κ1) is 14.8. The summed E-state index contributed by atoms with van der Waals surface area (Å²) in [5.74, 6) is 1.37. The molecule has 3 N–H and O–H groups in total. The topological polar surface area (TPSA) is 58.4 Å². The molecule has 4 unspecified atom stereocenters. The van der Waals surface area contributed by atoms with Crippen LogP contribution >= 0.6 is 0 Å². The highest BCUT2D eigenvalue weighted by Crippen LogP contribution is 2.35. The van der Waals surface area contributed by atoms with Crippen molar-refractivity contribution in [2.24, 2.45) is 17.6 Å². The lowest BCUT2D eigenvalue weighted by molar-refractivity contribution is -0.126. The van der Waals surface area contributed by atoms with E-state index >= 15 is 0 Å². The zero-order chi connectivity index (χ0) is 14.0. The number of primary amides is 1. The predicted molar refractivity (Wildman–Crippen MR) is 77.8 cm³/mol. The molecule has 0 radical (unpaired) electrons. The zero-order valence-electron chi connectivity index (χ0n) is 12.6. The second-order valence-electron chi connectivity index (χ2n) is 6.64. The van der Waals surface area contributed by atoms with E-state index in [0.717, 1.165) is 37.6 Å². The van der Waals surface area contributed by atoms with E-state index < -0.39 is 5.54 Å². The van der Waals surface area contributed by atoms with Crippen LogP contribution in [-0.4, -0.2) is 42.0 Å². The van der Waals surface area contributed by atoms with Gasteiger partial charge in [-0.15, -0.1) is 0 Å². The van der Waals surface area contributed by atoms with Crippen LogP contribution in [0.1, 0.15) is 46.5 Å². The Morgan fingerprint density at radius 1 is 1.37 bits per heavy atom. The van der Waals surface area contributed by atoms with E-state index in [0.29, 0.717) is 6.04 Å². The second-order valence-corrected chi connectivity index (χ2v) is 6.64. The Morgan fingerprint density at radius 3 is 2.53 bits per heavy atom. The third kappa shape index (κ3) is 2.95. The lowest BCUT2D eigenvalue weighted by Gasteiger charge is -2.42. The molecule has 4 atom stereocenters. The monoisotopic (exact) mass is 267 g/mol. The normalized spacial score (nSPS) is 40.5. The molecule has 1 amide bonds. The number of amides is 1. The lowest BCUT2D eigenvalue weighted by Crippen LogP contribution is -2.60. The number of rotatable bonds is 4. The van der Waals surface area contributed by atoms with Gasteiger partial charge < -0.3 is 11.1 Å². The predicted octanol–water partition coefficient (Wildman–Crippen LogP) is 1.35. The van der Waals surface area contributed by atoms with E-state index in [1.807, 2.05) is 6.92 Å². The molecule has 0 spiro atoms. The summed E-state index contributed by atoms with van der Waals surface area (Å²) < 4.78 is 0. The van der Waals surface area contributed by atoms with Gasteiger partial charge in [0.05, 0.1) is 5.54 Å². The van der Waals surface area contributed by atoms with Crippen LogP contribution in [0.15, 0.2) is 0 Å². The molecule has 1 aliphatic heterocycles. The van der Waals surface area contributed by atoms with Gasteiger partial charge in [-0.2, -0.15) is 0 Å². The van der Waals surface area contributed by atoms with Crippen LogP contribution in [0.4, 0.5) is 0 Å². The minimum atomic E-state index is -0.466. The van der Waals surface area contributed by atoms with Gasteiger partial charge in [0.2, 0.25) is 5.91 Å². The lowest BCUT2D eigenvalue weighted by atomic mass is 9.77. The Kier molecular flexibility index (Phi) is 4.51. The SMILES string of the molecule is CCNC1(C(N)=O)CCCC(N2CC(C)C(C)C2)C1. The highest BCUT2D eigenvalue weighted by Gasteiger charge is 2.43. The molecule has 0 aromatic rings. The number of nitrogens with two attached hydrogens (primary N) is 1. The Balaban J connectivity index is 2.06. The molecule has 2 fully saturated rings. The Bertz CT molecular complexity index is 319. The molecule has 0 aromatic carbocycles. The van der Waals surface area contributed by atoms with Gasteiger partial charge in [-0.25, -0.2) is 0 Å². The summed E-state index contributed by atoms with van der Waals surface area (Å²) in [7, 11) is 0. The van der Waals surface area contributed by atoms with Crippen LogP contribution in [0.3, 0.4) is 0 Å². The first-order valence-electron chi connectivity index (χ1n) is 7.77. The summed E-state index contributed by atoms with van der Waals surface area (Å²) in [5.41, 5.74) is 5.22. The molecule has 4 heteroatoms. The Labute approximate surface area is 117 Å². The van der Waals surface area contributed by atoms with Crippen LogP contribution in [0.2, 0.25) is 0 Å². The molecule has 2 rings (SSSR count). The van der Waals surface area contributed by atoms with Crippen molar-refractivity contribution in [1.82, 2.24) is 10.2 Å². The minimum Gasteiger partial charge on any atom is -0.368 e. The maximum atomic E-state index is 11.9. The van der Waals surface area contributed by atoms with Gasteiger partial charge in [0, 0.05) is 19.1 Å². The summed E-state index contributed by atoms with van der Waals surface area (Å²) in [6.45, 7) is 9.87. The largest absolute Gasteiger partial charge is 0.368 e. The number of hydrogen-bond donors (Lipinski definition) is 2. The van der Waals surface area contributed by atoms with E-state index in [9.17, 15) is 4.79 Å². The number of carbonyl (C=O) groups excluding carboxylic acids is 1. The summed E-state index contributed by atoms with van der Waals surface area (Å²) in [6.07, 6.45) is 4.08. The van der Waals surface area contributed by atoms with Crippen molar-refractivity contribution in [3.05, 3.63) is 0 Å². The molecule has 1 aliphatic carbocycles. The number of nitrogens with one attached hydrogen (secondary N) is 1. The van der Waals surface area contributed by atoms with Crippen molar-refractivity contribution >= 4 is 5.91 Å². The van der Waals surface area contributed by atoms with Crippen LogP contribution < -0.4 is 11.1 Å². The van der Waals surface area contributed by atoms with E-state index in [4.69, 9.17) is 5.73 Å². The van der Waals surface area contributed by atoms with E-state index in [-0.39, 0.29) is 5.91 Å². The van der Waals surface area contributed by atoms with E-state index in [1.54, 1.807) is 0 Å². The van der Waals surface area contributed by atoms with Gasteiger partial charge >= 0.3 is 0 Å². The number of carbonyl (C=O) groups is 1. The number of likely N-dealkylation sites (tertiary alicyclic amines) is 1. The summed E-state index contributed by atoms with van der Waals surface area (Å²) >= 11 is 0. The molecule has 1 saturated heterocycles. The molecule has 1 heterocycles. The highest BCUT2D eigenvalue weighted by atomic mass is 16.1.